The molecule has 1 heteroatoms. The number of fused-ring (bicyclic) bond motifs is 1. The highest BCUT2D eigenvalue weighted by atomic mass is 15.3. The Bertz CT molecular complexity index is 970. The highest BCUT2D eigenvalue weighted by Crippen LogP contribution is 2.56. The number of allylic oxidation sites excluding steroid dienone is 3. The Hall–Kier alpha value is -2.80. The predicted molar refractivity (Wildman–Crippen MR) is 119 cm³/mol. The zero-order chi connectivity index (χ0) is 19.9. The molecule has 2 aliphatic rings. The van der Waals surface area contributed by atoms with Crippen LogP contribution >= 0.6 is 0 Å². The van der Waals surface area contributed by atoms with Crippen LogP contribution in [-0.4, -0.2) is 10.4 Å². The second-order valence-corrected chi connectivity index (χ2v) is 8.30. The molecule has 0 N–H and O–H groups in total. The molecule has 0 radical (unpaired) electrons. The lowest BCUT2D eigenvalue weighted by Gasteiger charge is -2.47. The fraction of sp³-hybridized carbons (Fsp3) is 0.259. The van der Waals surface area contributed by atoms with Crippen molar-refractivity contribution in [2.75, 3.05) is 0 Å². The molecule has 1 spiro atoms. The summed E-state index contributed by atoms with van der Waals surface area (Å²) in [6.45, 7) is 16.8. The average Bonchev–Trinajstić information content (AvgIpc) is 3.44. The Morgan fingerprint density at radius 1 is 1.04 bits per heavy atom. The van der Waals surface area contributed by atoms with Crippen LogP contribution in [0.25, 0.3) is 0 Å². The Morgan fingerprint density at radius 3 is 2.32 bits per heavy atom. The summed E-state index contributed by atoms with van der Waals surface area (Å²) in [5, 5.41) is 0. The number of rotatable bonds is 5. The molecule has 0 bridgehead atoms. The minimum Gasteiger partial charge on any atom is -0.354 e. The van der Waals surface area contributed by atoms with E-state index in [0.717, 1.165) is 17.7 Å². The molecule has 28 heavy (non-hydrogen) atoms. The second-order valence-electron chi connectivity index (χ2n) is 8.30. The lowest BCUT2D eigenvalue weighted by Crippen LogP contribution is -2.45. The molecule has 2 aromatic rings. The van der Waals surface area contributed by atoms with Crippen LogP contribution in [0.15, 0.2) is 91.7 Å². The fourth-order valence-electron chi connectivity index (χ4n) is 4.64. The molecule has 4 rings (SSSR count). The largest absolute Gasteiger partial charge is 0.354 e. The molecule has 1 atom stereocenters. The van der Waals surface area contributed by atoms with E-state index >= 15 is 0 Å². The van der Waals surface area contributed by atoms with Crippen molar-refractivity contribution in [2.45, 2.75) is 44.7 Å². The van der Waals surface area contributed by atoms with Gasteiger partial charge in [0.05, 0.1) is 6.04 Å². The third-order valence-corrected chi connectivity index (χ3v) is 6.24. The summed E-state index contributed by atoms with van der Waals surface area (Å²) < 4.78 is 0. The third-order valence-electron chi connectivity index (χ3n) is 6.24. The van der Waals surface area contributed by atoms with Gasteiger partial charge in [0.15, 0.2) is 0 Å². The van der Waals surface area contributed by atoms with Crippen LogP contribution in [0.1, 0.15) is 46.7 Å². The van der Waals surface area contributed by atoms with E-state index in [2.05, 4.69) is 80.9 Å². The maximum atomic E-state index is 4.53. The van der Waals surface area contributed by atoms with Gasteiger partial charge in [-0.3, -0.25) is 0 Å². The van der Waals surface area contributed by atoms with Crippen molar-refractivity contribution >= 4 is 0 Å². The van der Waals surface area contributed by atoms with Gasteiger partial charge in [0.25, 0.3) is 0 Å². The van der Waals surface area contributed by atoms with Crippen molar-refractivity contribution in [1.82, 2.24) is 4.90 Å². The molecule has 0 aromatic heterocycles. The quantitative estimate of drug-likeness (QED) is 0.538. The predicted octanol–water partition coefficient (Wildman–Crippen LogP) is 6.60. The highest BCUT2D eigenvalue weighted by Gasteiger charge is 2.54. The highest BCUT2D eigenvalue weighted by molar-refractivity contribution is 5.50. The first-order valence-electron chi connectivity index (χ1n) is 10.1. The van der Waals surface area contributed by atoms with Gasteiger partial charge in [0, 0.05) is 11.2 Å². The van der Waals surface area contributed by atoms with Crippen LogP contribution in [-0.2, 0) is 6.42 Å². The van der Waals surface area contributed by atoms with Gasteiger partial charge in [-0.2, -0.15) is 0 Å². The Morgan fingerprint density at radius 2 is 1.71 bits per heavy atom. The van der Waals surface area contributed by atoms with Crippen molar-refractivity contribution in [3.05, 3.63) is 120 Å². The summed E-state index contributed by atoms with van der Waals surface area (Å²) >= 11 is 0. The van der Waals surface area contributed by atoms with E-state index in [9.17, 15) is 0 Å². The van der Waals surface area contributed by atoms with Crippen LogP contribution in [0.5, 0.6) is 0 Å². The van der Waals surface area contributed by atoms with Crippen molar-refractivity contribution < 1.29 is 0 Å². The topological polar surface area (TPSA) is 3.24 Å². The second kappa shape index (κ2) is 6.98. The molecule has 1 unspecified atom stereocenters. The number of nitrogens with zero attached hydrogens (tertiary/aromatic N) is 1. The fourth-order valence-corrected chi connectivity index (χ4v) is 4.64. The van der Waals surface area contributed by atoms with Crippen LogP contribution < -0.4 is 0 Å². The maximum Gasteiger partial charge on any atom is 0.0804 e. The summed E-state index contributed by atoms with van der Waals surface area (Å²) in [7, 11) is 0. The molecule has 1 nitrogen and oxygen atoms in total. The average molecular weight is 368 g/mol. The van der Waals surface area contributed by atoms with E-state index in [1.807, 2.05) is 18.2 Å². The van der Waals surface area contributed by atoms with E-state index < -0.39 is 0 Å². The summed E-state index contributed by atoms with van der Waals surface area (Å²) in [5.74, 6) is 0. The molecule has 1 aliphatic carbocycles. The maximum absolute atomic E-state index is 4.53. The monoisotopic (exact) mass is 367 g/mol. The number of benzene rings is 2. The molecule has 0 amide bonds. The smallest absolute Gasteiger partial charge is 0.0804 e. The van der Waals surface area contributed by atoms with E-state index in [1.165, 1.54) is 40.7 Å². The lowest BCUT2D eigenvalue weighted by atomic mass is 9.81. The Labute approximate surface area is 169 Å². The number of aryl methyl sites for hydroxylation is 2. The summed E-state index contributed by atoms with van der Waals surface area (Å²) in [5.41, 5.74) is 9.09. The first-order valence-corrected chi connectivity index (χ1v) is 10.1. The minimum atomic E-state index is 0.163. The van der Waals surface area contributed by atoms with Gasteiger partial charge in [-0.15, -0.1) is 0 Å². The SMILES string of the molecule is C=C/C=C(\C=C)C(=C)N1C(c2ccc(C)cc2)c2ccc(C)cc2CC12CC2. The van der Waals surface area contributed by atoms with E-state index in [0.29, 0.717) is 0 Å². The number of hydrogen-bond acceptors (Lipinski definition) is 1. The first-order chi connectivity index (χ1) is 13.5. The molecule has 1 saturated carbocycles. The molecular weight excluding hydrogens is 338 g/mol. The molecular formula is C27H29N. The van der Waals surface area contributed by atoms with Crippen molar-refractivity contribution in [1.29, 1.82) is 0 Å². The van der Waals surface area contributed by atoms with Crippen molar-refractivity contribution in [3.63, 3.8) is 0 Å². The van der Waals surface area contributed by atoms with Crippen molar-refractivity contribution in [3.8, 4) is 0 Å². The normalized spacial score (nSPS) is 19.9. The van der Waals surface area contributed by atoms with Crippen LogP contribution in [0, 0.1) is 13.8 Å². The van der Waals surface area contributed by atoms with Crippen molar-refractivity contribution in [2.24, 2.45) is 0 Å². The summed E-state index contributed by atoms with van der Waals surface area (Å²) in [4.78, 5) is 2.58. The number of hydrogen-bond donors (Lipinski definition) is 0. The van der Waals surface area contributed by atoms with Crippen LogP contribution in [0.2, 0.25) is 0 Å². The lowest BCUT2D eigenvalue weighted by molar-refractivity contribution is 0.175. The molecule has 2 aromatic carbocycles. The Kier molecular flexibility index (Phi) is 4.63. The van der Waals surface area contributed by atoms with Gasteiger partial charge in [0.1, 0.15) is 0 Å². The molecule has 1 fully saturated rings. The summed E-state index contributed by atoms with van der Waals surface area (Å²) in [6.07, 6.45) is 9.24. The van der Waals surface area contributed by atoms with Gasteiger partial charge < -0.3 is 4.90 Å². The summed E-state index contributed by atoms with van der Waals surface area (Å²) in [6, 6.07) is 16.1. The zero-order valence-electron chi connectivity index (χ0n) is 17.0. The Balaban J connectivity index is 1.91. The molecule has 0 saturated heterocycles. The van der Waals surface area contributed by atoms with Gasteiger partial charge in [-0.25, -0.2) is 0 Å². The van der Waals surface area contributed by atoms with Gasteiger partial charge in [0.2, 0.25) is 0 Å². The minimum absolute atomic E-state index is 0.163. The van der Waals surface area contributed by atoms with Gasteiger partial charge in [-0.05, 0) is 55.4 Å². The molecule has 1 heterocycles. The zero-order valence-corrected chi connectivity index (χ0v) is 17.0. The van der Waals surface area contributed by atoms with Gasteiger partial charge in [-0.1, -0.05) is 91.6 Å². The van der Waals surface area contributed by atoms with E-state index in [-0.39, 0.29) is 11.6 Å². The third kappa shape index (κ3) is 3.05. The van der Waals surface area contributed by atoms with Crippen LogP contribution in [0.3, 0.4) is 0 Å². The van der Waals surface area contributed by atoms with Gasteiger partial charge >= 0.3 is 0 Å². The molecule has 142 valence electrons. The standard InChI is InChI=1S/C27H29N/c1-6-8-22(7-2)21(5)28-26(23-12-9-19(3)10-13-23)25-14-11-20(4)17-24(25)18-27(28)15-16-27/h6-14,17,26H,1-2,5,15-16,18H2,3-4H3/b22-8+. The van der Waals surface area contributed by atoms with E-state index in [4.69, 9.17) is 0 Å². The first kappa shape index (κ1) is 18.6. The van der Waals surface area contributed by atoms with E-state index in [1.54, 1.807) is 0 Å². The van der Waals surface area contributed by atoms with Crippen LogP contribution in [0.4, 0.5) is 0 Å². The molecule has 1 aliphatic heterocycles.